The number of benzene rings is 1. The molecule has 2 rings (SSSR count). The van der Waals surface area contributed by atoms with Crippen LogP contribution in [0, 0.1) is 0 Å². The van der Waals surface area contributed by atoms with E-state index in [4.69, 9.17) is 0 Å². The molecular formula is C12H12BrN3O. The zero-order chi connectivity index (χ0) is 12.1. The van der Waals surface area contributed by atoms with E-state index in [1.807, 2.05) is 36.5 Å². The van der Waals surface area contributed by atoms with Gasteiger partial charge in [-0.05, 0) is 30.3 Å². The SMILES string of the molecule is O=C(CCBr)Nc1ccc(-n2cccn2)cc1. The molecule has 0 spiro atoms. The number of halogens is 1. The summed E-state index contributed by atoms with van der Waals surface area (Å²) in [7, 11) is 0. The van der Waals surface area contributed by atoms with Crippen LogP contribution in [0.1, 0.15) is 6.42 Å². The van der Waals surface area contributed by atoms with Gasteiger partial charge in [-0.15, -0.1) is 0 Å². The normalized spacial score (nSPS) is 10.2. The Morgan fingerprint density at radius 2 is 2.12 bits per heavy atom. The minimum absolute atomic E-state index is 0.00807. The van der Waals surface area contributed by atoms with Crippen molar-refractivity contribution < 1.29 is 4.79 Å². The van der Waals surface area contributed by atoms with Gasteiger partial charge in [-0.3, -0.25) is 4.79 Å². The molecule has 1 aromatic heterocycles. The van der Waals surface area contributed by atoms with Crippen molar-refractivity contribution in [2.24, 2.45) is 0 Å². The molecule has 0 aliphatic heterocycles. The molecule has 1 N–H and O–H groups in total. The molecule has 0 atom stereocenters. The number of hydrogen-bond acceptors (Lipinski definition) is 2. The third-order valence-corrected chi connectivity index (χ3v) is 2.64. The van der Waals surface area contributed by atoms with Crippen LogP contribution in [-0.4, -0.2) is 21.0 Å². The van der Waals surface area contributed by atoms with E-state index in [1.54, 1.807) is 10.9 Å². The van der Waals surface area contributed by atoms with Crippen LogP contribution in [0.15, 0.2) is 42.7 Å². The summed E-state index contributed by atoms with van der Waals surface area (Å²) in [5.74, 6) is 0.00807. The van der Waals surface area contributed by atoms with Crippen LogP contribution in [0.25, 0.3) is 5.69 Å². The van der Waals surface area contributed by atoms with Gasteiger partial charge in [-0.2, -0.15) is 5.10 Å². The largest absolute Gasteiger partial charge is 0.326 e. The molecule has 5 heteroatoms. The van der Waals surface area contributed by atoms with Gasteiger partial charge in [0.15, 0.2) is 0 Å². The second-order valence-electron chi connectivity index (χ2n) is 3.48. The lowest BCUT2D eigenvalue weighted by Gasteiger charge is -2.05. The van der Waals surface area contributed by atoms with Crippen molar-refractivity contribution >= 4 is 27.5 Å². The first-order valence-electron chi connectivity index (χ1n) is 5.25. The fourth-order valence-corrected chi connectivity index (χ4v) is 1.79. The Kier molecular flexibility index (Phi) is 3.93. The summed E-state index contributed by atoms with van der Waals surface area (Å²) >= 11 is 3.23. The molecule has 0 radical (unpaired) electrons. The van der Waals surface area contributed by atoms with Crippen LogP contribution in [0.4, 0.5) is 5.69 Å². The molecule has 4 nitrogen and oxygen atoms in total. The van der Waals surface area contributed by atoms with E-state index in [2.05, 4.69) is 26.3 Å². The number of alkyl halides is 1. The lowest BCUT2D eigenvalue weighted by atomic mass is 10.2. The average Bonchev–Trinajstić information content (AvgIpc) is 2.84. The Balaban J connectivity index is 2.06. The van der Waals surface area contributed by atoms with Gasteiger partial charge < -0.3 is 5.32 Å². The van der Waals surface area contributed by atoms with Crippen LogP contribution in [0.2, 0.25) is 0 Å². The summed E-state index contributed by atoms with van der Waals surface area (Å²) in [5, 5.41) is 7.62. The van der Waals surface area contributed by atoms with Gasteiger partial charge in [0.2, 0.25) is 5.91 Å². The lowest BCUT2D eigenvalue weighted by molar-refractivity contribution is -0.115. The summed E-state index contributed by atoms with van der Waals surface area (Å²) < 4.78 is 1.77. The summed E-state index contributed by atoms with van der Waals surface area (Å²) in [5.41, 5.74) is 1.76. The summed E-state index contributed by atoms with van der Waals surface area (Å²) in [6, 6.07) is 9.42. The molecule has 0 aliphatic rings. The van der Waals surface area contributed by atoms with Crippen LogP contribution in [0.5, 0.6) is 0 Å². The lowest BCUT2D eigenvalue weighted by Crippen LogP contribution is -2.11. The highest BCUT2D eigenvalue weighted by atomic mass is 79.9. The number of amides is 1. The van der Waals surface area contributed by atoms with Gasteiger partial charge >= 0.3 is 0 Å². The molecule has 0 unspecified atom stereocenters. The predicted octanol–water partition coefficient (Wildman–Crippen LogP) is 2.60. The monoisotopic (exact) mass is 293 g/mol. The van der Waals surface area contributed by atoms with Crippen molar-refractivity contribution in [2.75, 3.05) is 10.6 Å². The van der Waals surface area contributed by atoms with Crippen molar-refractivity contribution in [1.29, 1.82) is 0 Å². The Hall–Kier alpha value is -1.62. The van der Waals surface area contributed by atoms with E-state index in [-0.39, 0.29) is 5.91 Å². The molecule has 1 amide bonds. The van der Waals surface area contributed by atoms with Gasteiger partial charge in [0.25, 0.3) is 0 Å². The second-order valence-corrected chi connectivity index (χ2v) is 4.28. The standard InChI is InChI=1S/C12H12BrN3O/c13-7-6-12(17)15-10-2-4-11(5-3-10)16-9-1-8-14-16/h1-5,8-9H,6-7H2,(H,15,17). The van der Waals surface area contributed by atoms with Crippen molar-refractivity contribution in [1.82, 2.24) is 9.78 Å². The number of anilines is 1. The van der Waals surface area contributed by atoms with Crippen molar-refractivity contribution in [3.05, 3.63) is 42.7 Å². The number of nitrogens with zero attached hydrogens (tertiary/aromatic N) is 2. The summed E-state index contributed by atoms with van der Waals surface area (Å²) in [6.45, 7) is 0. The van der Waals surface area contributed by atoms with Gasteiger partial charge in [0.05, 0.1) is 5.69 Å². The fraction of sp³-hybridized carbons (Fsp3) is 0.167. The summed E-state index contributed by atoms with van der Waals surface area (Å²) in [4.78, 5) is 11.4. The Morgan fingerprint density at radius 1 is 1.35 bits per heavy atom. The molecule has 0 aliphatic carbocycles. The topological polar surface area (TPSA) is 46.9 Å². The molecular weight excluding hydrogens is 282 g/mol. The van der Waals surface area contributed by atoms with Crippen molar-refractivity contribution in [2.45, 2.75) is 6.42 Å². The maximum absolute atomic E-state index is 11.4. The van der Waals surface area contributed by atoms with E-state index >= 15 is 0 Å². The number of carbonyl (C=O) groups is 1. The number of hydrogen-bond donors (Lipinski definition) is 1. The smallest absolute Gasteiger partial charge is 0.225 e. The Morgan fingerprint density at radius 3 is 2.71 bits per heavy atom. The molecule has 88 valence electrons. The van der Waals surface area contributed by atoms with E-state index in [9.17, 15) is 4.79 Å². The zero-order valence-electron chi connectivity index (χ0n) is 9.14. The molecule has 0 saturated heterocycles. The zero-order valence-corrected chi connectivity index (χ0v) is 10.7. The number of aromatic nitrogens is 2. The molecule has 17 heavy (non-hydrogen) atoms. The first-order valence-corrected chi connectivity index (χ1v) is 6.37. The number of carbonyl (C=O) groups excluding carboxylic acids is 1. The minimum Gasteiger partial charge on any atom is -0.326 e. The number of rotatable bonds is 4. The number of nitrogens with one attached hydrogen (secondary N) is 1. The first-order chi connectivity index (χ1) is 8.29. The van der Waals surface area contributed by atoms with Crippen LogP contribution < -0.4 is 5.32 Å². The first kappa shape index (κ1) is 11.9. The Labute approximate surface area is 108 Å². The third kappa shape index (κ3) is 3.17. The minimum atomic E-state index is 0.00807. The van der Waals surface area contributed by atoms with E-state index in [0.29, 0.717) is 11.8 Å². The maximum atomic E-state index is 11.4. The van der Waals surface area contributed by atoms with Gasteiger partial charge in [-0.1, -0.05) is 15.9 Å². The molecule has 0 saturated carbocycles. The molecule has 1 aromatic carbocycles. The fourth-order valence-electron chi connectivity index (χ4n) is 1.43. The molecule has 0 bridgehead atoms. The van der Waals surface area contributed by atoms with E-state index in [1.165, 1.54) is 0 Å². The van der Waals surface area contributed by atoms with Gasteiger partial charge in [0, 0.05) is 29.8 Å². The highest BCUT2D eigenvalue weighted by Crippen LogP contribution is 2.12. The van der Waals surface area contributed by atoms with E-state index in [0.717, 1.165) is 11.4 Å². The third-order valence-electron chi connectivity index (χ3n) is 2.24. The highest BCUT2D eigenvalue weighted by molar-refractivity contribution is 9.09. The van der Waals surface area contributed by atoms with Crippen molar-refractivity contribution in [3.63, 3.8) is 0 Å². The quantitative estimate of drug-likeness (QED) is 0.881. The average molecular weight is 294 g/mol. The predicted molar refractivity (Wildman–Crippen MR) is 70.6 cm³/mol. The van der Waals surface area contributed by atoms with Crippen molar-refractivity contribution in [3.8, 4) is 5.69 Å². The van der Waals surface area contributed by atoms with Crippen LogP contribution in [-0.2, 0) is 4.79 Å². The van der Waals surface area contributed by atoms with Gasteiger partial charge in [-0.25, -0.2) is 4.68 Å². The maximum Gasteiger partial charge on any atom is 0.225 e. The summed E-state index contributed by atoms with van der Waals surface area (Å²) in [6.07, 6.45) is 4.07. The molecule has 2 aromatic rings. The van der Waals surface area contributed by atoms with Gasteiger partial charge in [0.1, 0.15) is 0 Å². The second kappa shape index (κ2) is 5.63. The van der Waals surface area contributed by atoms with Crippen LogP contribution >= 0.6 is 15.9 Å². The molecule has 0 fully saturated rings. The van der Waals surface area contributed by atoms with E-state index < -0.39 is 0 Å². The molecule has 1 heterocycles. The highest BCUT2D eigenvalue weighted by Gasteiger charge is 2.01. The Bertz CT molecular complexity index is 479. The van der Waals surface area contributed by atoms with Crippen LogP contribution in [0.3, 0.4) is 0 Å².